The second-order valence-corrected chi connectivity index (χ2v) is 8.30. The lowest BCUT2D eigenvalue weighted by molar-refractivity contribution is -0.136. The Morgan fingerprint density at radius 3 is 2.63 bits per heavy atom. The predicted molar refractivity (Wildman–Crippen MR) is 111 cm³/mol. The van der Waals surface area contributed by atoms with Crippen molar-refractivity contribution >= 4 is 23.4 Å². The van der Waals surface area contributed by atoms with Gasteiger partial charge in [-0.05, 0) is 41.2 Å². The molecule has 2 aromatic rings. The van der Waals surface area contributed by atoms with Crippen LogP contribution in [0.15, 0.2) is 36.4 Å². The van der Waals surface area contributed by atoms with E-state index in [0.717, 1.165) is 36.3 Å². The Kier molecular flexibility index (Phi) is 4.55. The molecule has 3 aliphatic rings. The zero-order valence-corrected chi connectivity index (χ0v) is 16.7. The number of carbonyl (C=O) groups excluding carboxylic acids is 3. The lowest BCUT2D eigenvalue weighted by Gasteiger charge is -2.30. The number of nitrogen functional groups attached to an aromatic ring is 1. The van der Waals surface area contributed by atoms with Gasteiger partial charge in [-0.3, -0.25) is 24.6 Å². The largest absolute Gasteiger partial charge is 0.398 e. The van der Waals surface area contributed by atoms with Crippen LogP contribution in [0.4, 0.5) is 5.69 Å². The van der Waals surface area contributed by atoms with Gasteiger partial charge >= 0.3 is 0 Å². The van der Waals surface area contributed by atoms with E-state index in [1.807, 2.05) is 30.3 Å². The fourth-order valence-electron chi connectivity index (χ4n) is 4.89. The van der Waals surface area contributed by atoms with Gasteiger partial charge in [-0.15, -0.1) is 0 Å². The number of amides is 3. The highest BCUT2D eigenvalue weighted by Crippen LogP contribution is 2.32. The van der Waals surface area contributed by atoms with Crippen LogP contribution in [-0.4, -0.2) is 40.1 Å². The lowest BCUT2D eigenvalue weighted by Crippen LogP contribution is -2.52. The molecule has 154 valence electrons. The van der Waals surface area contributed by atoms with Crippen LogP contribution in [0, 0.1) is 0 Å². The molecule has 2 aromatic carbocycles. The average Bonchev–Trinajstić information content (AvgIpc) is 3.05. The highest BCUT2D eigenvalue weighted by atomic mass is 16.2. The van der Waals surface area contributed by atoms with Gasteiger partial charge < -0.3 is 10.6 Å². The Hall–Kier alpha value is -3.19. The quantitative estimate of drug-likeness (QED) is 0.598. The second-order valence-electron chi connectivity index (χ2n) is 8.30. The van der Waals surface area contributed by atoms with Crippen LogP contribution >= 0.6 is 0 Å². The van der Waals surface area contributed by atoms with Crippen molar-refractivity contribution in [3.8, 4) is 0 Å². The maximum atomic E-state index is 13.3. The van der Waals surface area contributed by atoms with Crippen molar-refractivity contribution in [1.82, 2.24) is 15.1 Å². The molecule has 1 unspecified atom stereocenters. The van der Waals surface area contributed by atoms with Crippen molar-refractivity contribution < 1.29 is 14.4 Å². The Bertz CT molecular complexity index is 1060. The first-order valence-electron chi connectivity index (χ1n) is 10.4. The smallest absolute Gasteiger partial charge is 0.255 e. The molecular weight excluding hydrogens is 380 g/mol. The first-order valence-corrected chi connectivity index (χ1v) is 10.4. The van der Waals surface area contributed by atoms with Gasteiger partial charge in [-0.25, -0.2) is 0 Å². The number of hydrogen-bond donors (Lipinski definition) is 2. The topological polar surface area (TPSA) is 95.7 Å². The number of anilines is 1. The maximum absolute atomic E-state index is 13.3. The number of rotatable bonds is 3. The molecule has 7 heteroatoms. The molecule has 0 spiro atoms. The monoisotopic (exact) mass is 404 g/mol. The van der Waals surface area contributed by atoms with Gasteiger partial charge in [0.15, 0.2) is 0 Å². The van der Waals surface area contributed by atoms with E-state index in [4.69, 9.17) is 5.73 Å². The minimum absolute atomic E-state index is 0.114. The molecule has 1 saturated heterocycles. The number of nitrogens with zero attached hydrogens (tertiary/aromatic N) is 2. The predicted octanol–water partition coefficient (Wildman–Crippen LogP) is 1.59. The normalized spacial score (nSPS) is 21.4. The number of hydrogen-bond acceptors (Lipinski definition) is 5. The summed E-state index contributed by atoms with van der Waals surface area (Å²) in [6.07, 6.45) is 1.54. The van der Waals surface area contributed by atoms with Crippen LogP contribution in [0.25, 0.3) is 0 Å². The van der Waals surface area contributed by atoms with Crippen molar-refractivity contribution in [1.29, 1.82) is 0 Å². The maximum Gasteiger partial charge on any atom is 0.255 e. The van der Waals surface area contributed by atoms with E-state index in [9.17, 15) is 14.4 Å². The first-order chi connectivity index (χ1) is 14.5. The highest BCUT2D eigenvalue weighted by Gasteiger charge is 2.40. The minimum Gasteiger partial charge on any atom is -0.398 e. The molecule has 3 aliphatic heterocycles. The van der Waals surface area contributed by atoms with Gasteiger partial charge in [0, 0.05) is 43.9 Å². The molecule has 1 atom stereocenters. The van der Waals surface area contributed by atoms with Gasteiger partial charge in [0.2, 0.25) is 11.8 Å². The molecule has 0 radical (unpaired) electrons. The van der Waals surface area contributed by atoms with Crippen molar-refractivity contribution in [2.75, 3.05) is 12.3 Å². The number of imide groups is 1. The molecule has 0 saturated carbocycles. The molecular formula is C23H24N4O3. The number of nitrogens with two attached hydrogens (primary N) is 1. The molecule has 0 aromatic heterocycles. The molecule has 0 bridgehead atoms. The van der Waals surface area contributed by atoms with Crippen LogP contribution in [0.3, 0.4) is 0 Å². The molecule has 3 N–H and O–H groups in total. The Balaban J connectivity index is 1.37. The molecule has 30 heavy (non-hydrogen) atoms. The number of piperidine rings is 1. The van der Waals surface area contributed by atoms with E-state index in [1.165, 1.54) is 11.1 Å². The van der Waals surface area contributed by atoms with Crippen molar-refractivity contribution in [2.24, 2.45) is 0 Å². The summed E-state index contributed by atoms with van der Waals surface area (Å²) in [6, 6.07) is 11.4. The van der Waals surface area contributed by atoms with Crippen LogP contribution in [0.2, 0.25) is 0 Å². The third kappa shape index (κ3) is 3.15. The van der Waals surface area contributed by atoms with Crippen molar-refractivity contribution in [3.05, 3.63) is 64.2 Å². The fraction of sp³-hybridized carbons (Fsp3) is 0.348. The summed E-state index contributed by atoms with van der Waals surface area (Å²) < 4.78 is 0. The summed E-state index contributed by atoms with van der Waals surface area (Å²) in [7, 11) is 0. The number of benzene rings is 2. The summed E-state index contributed by atoms with van der Waals surface area (Å²) in [5.41, 5.74) is 12.1. The summed E-state index contributed by atoms with van der Waals surface area (Å²) >= 11 is 0. The summed E-state index contributed by atoms with van der Waals surface area (Å²) in [5.74, 6) is -0.761. The molecule has 3 amide bonds. The van der Waals surface area contributed by atoms with Gasteiger partial charge in [-0.2, -0.15) is 0 Å². The number of carbonyl (C=O) groups is 3. The summed E-state index contributed by atoms with van der Waals surface area (Å²) in [6.45, 7) is 2.77. The minimum atomic E-state index is -0.583. The SMILES string of the molecule is Nc1cccc2c1CCN(Cc1cccc3c1C(=O)N(C1CCC(=O)NC1=O)C3)C2. The van der Waals surface area contributed by atoms with Gasteiger partial charge in [0.1, 0.15) is 6.04 Å². The highest BCUT2D eigenvalue weighted by molar-refractivity contribution is 6.06. The number of nitrogens with one attached hydrogen (secondary N) is 1. The molecule has 0 aliphatic carbocycles. The second kappa shape index (κ2) is 7.25. The van der Waals surface area contributed by atoms with E-state index in [1.54, 1.807) is 4.90 Å². The first kappa shape index (κ1) is 18.8. The molecule has 5 rings (SSSR count). The van der Waals surface area contributed by atoms with E-state index >= 15 is 0 Å². The van der Waals surface area contributed by atoms with E-state index < -0.39 is 6.04 Å². The standard InChI is InChI=1S/C23H24N4O3/c24-18-6-2-3-14-11-26(10-9-17(14)18)12-15-4-1-5-16-13-27(23(30)21(15)16)19-7-8-20(28)25-22(19)29/h1-6,19H,7-13,24H2,(H,25,28,29). The fourth-order valence-corrected chi connectivity index (χ4v) is 4.89. The van der Waals surface area contributed by atoms with Gasteiger partial charge in [0.05, 0.1) is 0 Å². The zero-order valence-electron chi connectivity index (χ0n) is 16.7. The van der Waals surface area contributed by atoms with Crippen LogP contribution in [-0.2, 0) is 35.6 Å². The Labute approximate surface area is 174 Å². The van der Waals surface area contributed by atoms with E-state index in [-0.39, 0.29) is 24.1 Å². The van der Waals surface area contributed by atoms with Crippen LogP contribution < -0.4 is 11.1 Å². The van der Waals surface area contributed by atoms with Gasteiger partial charge in [-0.1, -0.05) is 30.3 Å². The number of fused-ring (bicyclic) bond motifs is 2. The van der Waals surface area contributed by atoms with Crippen LogP contribution in [0.5, 0.6) is 0 Å². The van der Waals surface area contributed by atoms with Gasteiger partial charge in [0.25, 0.3) is 5.91 Å². The Morgan fingerprint density at radius 1 is 1.00 bits per heavy atom. The summed E-state index contributed by atoms with van der Waals surface area (Å²) in [4.78, 5) is 41.0. The third-order valence-electron chi connectivity index (χ3n) is 6.41. The Morgan fingerprint density at radius 2 is 1.80 bits per heavy atom. The van der Waals surface area contributed by atoms with E-state index in [2.05, 4.69) is 16.3 Å². The lowest BCUT2D eigenvalue weighted by atomic mass is 9.96. The average molecular weight is 404 g/mol. The molecule has 1 fully saturated rings. The summed E-state index contributed by atoms with van der Waals surface area (Å²) in [5, 5.41) is 2.36. The van der Waals surface area contributed by atoms with Crippen molar-refractivity contribution in [2.45, 2.75) is 44.9 Å². The van der Waals surface area contributed by atoms with Crippen molar-refractivity contribution in [3.63, 3.8) is 0 Å². The molecule has 7 nitrogen and oxygen atoms in total. The zero-order chi connectivity index (χ0) is 20.8. The third-order valence-corrected chi connectivity index (χ3v) is 6.41. The molecule has 3 heterocycles. The van der Waals surface area contributed by atoms with Crippen LogP contribution in [0.1, 0.15) is 45.5 Å². The van der Waals surface area contributed by atoms with E-state index in [0.29, 0.717) is 25.1 Å².